The van der Waals surface area contributed by atoms with Crippen LogP contribution >= 0.6 is 0 Å². The fraction of sp³-hybridized carbons (Fsp3) is 0.500. The van der Waals surface area contributed by atoms with E-state index in [2.05, 4.69) is 19.9 Å². The Morgan fingerprint density at radius 3 is 2.06 bits per heavy atom. The maximum Gasteiger partial charge on any atom is 0.0971 e. The molecule has 2 nitrogen and oxygen atoms in total. The Morgan fingerprint density at radius 2 is 1.69 bits per heavy atom. The highest BCUT2D eigenvalue weighted by molar-refractivity contribution is 5.31. The number of hydrogen-bond acceptors (Lipinski definition) is 2. The predicted molar refractivity (Wildman–Crippen MR) is 65.2 cm³/mol. The van der Waals surface area contributed by atoms with Crippen molar-refractivity contribution in [3.05, 3.63) is 35.4 Å². The van der Waals surface area contributed by atoms with Gasteiger partial charge in [-0.25, -0.2) is 0 Å². The summed E-state index contributed by atoms with van der Waals surface area (Å²) < 4.78 is 0. The second-order valence-electron chi connectivity index (χ2n) is 4.40. The van der Waals surface area contributed by atoms with Crippen molar-refractivity contribution in [2.24, 2.45) is 0 Å². The SMILES string of the molecule is CCC(O)C(C#N)c1ccc(C(C)C)cc1. The van der Waals surface area contributed by atoms with Crippen LogP contribution in [0.25, 0.3) is 0 Å². The summed E-state index contributed by atoms with van der Waals surface area (Å²) in [6.07, 6.45) is 0.0272. The molecular formula is C14H19NO. The number of aliphatic hydroxyl groups excluding tert-OH is 1. The summed E-state index contributed by atoms with van der Waals surface area (Å²) in [5.41, 5.74) is 2.16. The Balaban J connectivity index is 2.92. The molecule has 0 fully saturated rings. The average Bonchev–Trinajstić information content (AvgIpc) is 2.30. The third-order valence-electron chi connectivity index (χ3n) is 2.90. The molecule has 0 spiro atoms. The molecule has 1 N–H and O–H groups in total. The van der Waals surface area contributed by atoms with Crippen LogP contribution in [-0.4, -0.2) is 11.2 Å². The molecule has 0 aromatic heterocycles. The Kier molecular flexibility index (Phi) is 4.52. The molecule has 0 radical (unpaired) electrons. The van der Waals surface area contributed by atoms with Crippen LogP contribution in [0.1, 0.15) is 50.2 Å². The zero-order valence-electron chi connectivity index (χ0n) is 10.1. The minimum Gasteiger partial charge on any atom is -0.391 e. The van der Waals surface area contributed by atoms with E-state index in [0.29, 0.717) is 12.3 Å². The fourth-order valence-corrected chi connectivity index (χ4v) is 1.71. The first-order valence-corrected chi connectivity index (χ1v) is 5.77. The van der Waals surface area contributed by atoms with E-state index in [-0.39, 0.29) is 0 Å². The quantitative estimate of drug-likeness (QED) is 0.841. The lowest BCUT2D eigenvalue weighted by Gasteiger charge is -2.16. The number of benzene rings is 1. The maximum absolute atomic E-state index is 9.73. The molecule has 0 saturated carbocycles. The molecule has 0 saturated heterocycles. The molecule has 0 bridgehead atoms. The van der Waals surface area contributed by atoms with Crippen LogP contribution in [-0.2, 0) is 0 Å². The molecule has 86 valence electrons. The standard InChI is InChI=1S/C14H19NO/c1-4-14(16)13(9-15)12-7-5-11(6-8-12)10(2)3/h5-8,10,13-14,16H,4H2,1-3H3. The number of aliphatic hydroxyl groups is 1. The zero-order valence-corrected chi connectivity index (χ0v) is 10.1. The van der Waals surface area contributed by atoms with Gasteiger partial charge in [-0.05, 0) is 23.5 Å². The molecule has 0 aliphatic rings. The Morgan fingerprint density at radius 1 is 1.19 bits per heavy atom. The van der Waals surface area contributed by atoms with Gasteiger partial charge in [0.25, 0.3) is 0 Å². The highest BCUT2D eigenvalue weighted by atomic mass is 16.3. The summed E-state index contributed by atoms with van der Waals surface area (Å²) in [5, 5.41) is 18.8. The van der Waals surface area contributed by atoms with E-state index in [0.717, 1.165) is 5.56 Å². The normalized spacial score (nSPS) is 14.5. The van der Waals surface area contributed by atoms with Crippen LogP contribution in [0.2, 0.25) is 0 Å². The fourth-order valence-electron chi connectivity index (χ4n) is 1.71. The average molecular weight is 217 g/mol. The zero-order chi connectivity index (χ0) is 12.1. The van der Waals surface area contributed by atoms with Gasteiger partial charge in [0, 0.05) is 0 Å². The van der Waals surface area contributed by atoms with E-state index in [1.165, 1.54) is 5.56 Å². The summed E-state index contributed by atoms with van der Waals surface area (Å²) in [4.78, 5) is 0. The Hall–Kier alpha value is -1.33. The van der Waals surface area contributed by atoms with Gasteiger partial charge in [-0.3, -0.25) is 0 Å². The minimum atomic E-state index is -0.574. The second kappa shape index (κ2) is 5.67. The van der Waals surface area contributed by atoms with Gasteiger partial charge in [0.15, 0.2) is 0 Å². The van der Waals surface area contributed by atoms with E-state index in [9.17, 15) is 5.11 Å². The number of hydrogen-bond donors (Lipinski definition) is 1. The van der Waals surface area contributed by atoms with Gasteiger partial charge in [0.05, 0.1) is 18.1 Å². The van der Waals surface area contributed by atoms with E-state index in [1.807, 2.05) is 31.2 Å². The molecule has 1 aromatic carbocycles. The second-order valence-corrected chi connectivity index (χ2v) is 4.40. The lowest BCUT2D eigenvalue weighted by molar-refractivity contribution is 0.157. The van der Waals surface area contributed by atoms with Crippen LogP contribution in [0.4, 0.5) is 0 Å². The monoisotopic (exact) mass is 217 g/mol. The van der Waals surface area contributed by atoms with Gasteiger partial charge in [0.1, 0.15) is 0 Å². The van der Waals surface area contributed by atoms with Crippen LogP contribution in [0.3, 0.4) is 0 Å². The molecular weight excluding hydrogens is 198 g/mol. The van der Waals surface area contributed by atoms with E-state index in [4.69, 9.17) is 5.26 Å². The molecule has 0 amide bonds. The van der Waals surface area contributed by atoms with Gasteiger partial charge in [-0.2, -0.15) is 5.26 Å². The third kappa shape index (κ3) is 2.84. The van der Waals surface area contributed by atoms with Gasteiger partial charge < -0.3 is 5.11 Å². The van der Waals surface area contributed by atoms with Gasteiger partial charge >= 0.3 is 0 Å². The van der Waals surface area contributed by atoms with Crippen molar-refractivity contribution in [3.63, 3.8) is 0 Å². The smallest absolute Gasteiger partial charge is 0.0971 e. The molecule has 16 heavy (non-hydrogen) atoms. The molecule has 1 aromatic rings. The van der Waals surface area contributed by atoms with Crippen molar-refractivity contribution >= 4 is 0 Å². The van der Waals surface area contributed by atoms with Crippen molar-refractivity contribution in [2.75, 3.05) is 0 Å². The molecule has 0 heterocycles. The van der Waals surface area contributed by atoms with Crippen molar-refractivity contribution in [1.82, 2.24) is 0 Å². The van der Waals surface area contributed by atoms with E-state index in [1.54, 1.807) is 0 Å². The topological polar surface area (TPSA) is 44.0 Å². The van der Waals surface area contributed by atoms with Crippen LogP contribution in [0, 0.1) is 11.3 Å². The highest BCUT2D eigenvalue weighted by Gasteiger charge is 2.18. The predicted octanol–water partition coefficient (Wildman–Crippen LogP) is 3.19. The van der Waals surface area contributed by atoms with Gasteiger partial charge in [-0.1, -0.05) is 45.0 Å². The summed E-state index contributed by atoms with van der Waals surface area (Å²) in [5.74, 6) is 0.0805. The first-order chi connectivity index (χ1) is 7.60. The molecule has 2 atom stereocenters. The highest BCUT2D eigenvalue weighted by Crippen LogP contribution is 2.23. The van der Waals surface area contributed by atoms with Gasteiger partial charge in [-0.15, -0.1) is 0 Å². The van der Waals surface area contributed by atoms with E-state index < -0.39 is 12.0 Å². The first kappa shape index (κ1) is 12.7. The van der Waals surface area contributed by atoms with Crippen LogP contribution in [0.5, 0.6) is 0 Å². The summed E-state index contributed by atoms with van der Waals surface area (Å²) in [6.45, 7) is 6.16. The third-order valence-corrected chi connectivity index (χ3v) is 2.90. The van der Waals surface area contributed by atoms with Crippen LogP contribution in [0.15, 0.2) is 24.3 Å². The van der Waals surface area contributed by atoms with Crippen molar-refractivity contribution in [1.29, 1.82) is 5.26 Å². The van der Waals surface area contributed by atoms with Crippen molar-refractivity contribution in [3.8, 4) is 6.07 Å². The number of nitrogens with zero attached hydrogens (tertiary/aromatic N) is 1. The number of nitriles is 1. The molecule has 0 aliphatic heterocycles. The minimum absolute atomic E-state index is 0.411. The van der Waals surface area contributed by atoms with Crippen molar-refractivity contribution < 1.29 is 5.11 Å². The van der Waals surface area contributed by atoms with Crippen LogP contribution < -0.4 is 0 Å². The molecule has 0 aliphatic carbocycles. The van der Waals surface area contributed by atoms with E-state index >= 15 is 0 Å². The summed E-state index contributed by atoms with van der Waals surface area (Å²) in [6, 6.07) is 10.1. The lowest BCUT2D eigenvalue weighted by atomic mass is 9.91. The Bertz CT molecular complexity index is 361. The largest absolute Gasteiger partial charge is 0.391 e. The van der Waals surface area contributed by atoms with Gasteiger partial charge in [0.2, 0.25) is 0 Å². The number of rotatable bonds is 4. The molecule has 1 rings (SSSR count). The summed E-state index contributed by atoms with van der Waals surface area (Å²) >= 11 is 0. The maximum atomic E-state index is 9.73. The molecule has 2 unspecified atom stereocenters. The summed E-state index contributed by atoms with van der Waals surface area (Å²) in [7, 11) is 0. The van der Waals surface area contributed by atoms with Crippen molar-refractivity contribution in [2.45, 2.75) is 45.1 Å². The lowest BCUT2D eigenvalue weighted by Crippen LogP contribution is -2.15. The first-order valence-electron chi connectivity index (χ1n) is 5.77. The molecule has 2 heteroatoms. The Labute approximate surface area is 97.5 Å².